The van der Waals surface area contributed by atoms with Crippen LogP contribution in [0.5, 0.6) is 0 Å². The SMILES string of the molecule is CCOC(=O)N1CCC(NCc2cccn2CC)CC1. The lowest BCUT2D eigenvalue weighted by Crippen LogP contribution is -2.45. The van der Waals surface area contributed by atoms with E-state index in [9.17, 15) is 4.79 Å². The summed E-state index contributed by atoms with van der Waals surface area (Å²) in [6, 6.07) is 4.73. The molecule has 0 aromatic carbocycles. The third-order valence-electron chi connectivity index (χ3n) is 3.86. The molecule has 0 radical (unpaired) electrons. The molecule has 1 amide bonds. The van der Waals surface area contributed by atoms with E-state index in [4.69, 9.17) is 4.74 Å². The van der Waals surface area contributed by atoms with E-state index in [1.54, 1.807) is 4.90 Å². The number of aromatic nitrogens is 1. The van der Waals surface area contributed by atoms with Gasteiger partial charge in [0, 0.05) is 44.1 Å². The fourth-order valence-electron chi connectivity index (χ4n) is 2.65. The molecule has 1 aliphatic rings. The lowest BCUT2D eigenvalue weighted by molar-refractivity contribution is 0.0949. The Kier molecular flexibility index (Phi) is 5.47. The van der Waals surface area contributed by atoms with Gasteiger partial charge in [-0.1, -0.05) is 0 Å². The molecular weight excluding hydrogens is 254 g/mol. The van der Waals surface area contributed by atoms with Crippen molar-refractivity contribution in [1.82, 2.24) is 14.8 Å². The van der Waals surface area contributed by atoms with Crippen LogP contribution in [0.2, 0.25) is 0 Å². The monoisotopic (exact) mass is 279 g/mol. The zero-order valence-electron chi connectivity index (χ0n) is 12.5. The van der Waals surface area contributed by atoms with Crippen molar-refractivity contribution >= 4 is 6.09 Å². The number of carbonyl (C=O) groups excluding carboxylic acids is 1. The smallest absolute Gasteiger partial charge is 0.409 e. The highest BCUT2D eigenvalue weighted by atomic mass is 16.6. The number of piperidine rings is 1. The van der Waals surface area contributed by atoms with E-state index in [-0.39, 0.29) is 6.09 Å². The molecule has 5 nitrogen and oxygen atoms in total. The molecule has 1 aromatic rings. The predicted molar refractivity (Wildman–Crippen MR) is 78.6 cm³/mol. The molecule has 1 aromatic heterocycles. The Morgan fingerprint density at radius 2 is 2.15 bits per heavy atom. The van der Waals surface area contributed by atoms with Crippen LogP contribution in [-0.4, -0.2) is 41.3 Å². The van der Waals surface area contributed by atoms with Crippen LogP contribution in [0.15, 0.2) is 18.3 Å². The van der Waals surface area contributed by atoms with Crippen molar-refractivity contribution in [2.24, 2.45) is 0 Å². The Bertz CT molecular complexity index is 423. The van der Waals surface area contributed by atoms with Gasteiger partial charge in [-0.3, -0.25) is 0 Å². The van der Waals surface area contributed by atoms with Gasteiger partial charge in [-0.25, -0.2) is 4.79 Å². The number of nitrogens with zero attached hydrogens (tertiary/aromatic N) is 2. The Morgan fingerprint density at radius 1 is 1.40 bits per heavy atom. The number of rotatable bonds is 5. The second kappa shape index (κ2) is 7.33. The van der Waals surface area contributed by atoms with Gasteiger partial charge in [-0.2, -0.15) is 0 Å². The Labute approximate surface area is 120 Å². The van der Waals surface area contributed by atoms with Crippen LogP contribution in [-0.2, 0) is 17.8 Å². The maximum absolute atomic E-state index is 11.6. The number of hydrogen-bond acceptors (Lipinski definition) is 3. The van der Waals surface area contributed by atoms with Gasteiger partial charge < -0.3 is 19.5 Å². The minimum atomic E-state index is -0.175. The lowest BCUT2D eigenvalue weighted by Gasteiger charge is -2.31. The normalized spacial score (nSPS) is 16.4. The van der Waals surface area contributed by atoms with Gasteiger partial charge >= 0.3 is 6.09 Å². The van der Waals surface area contributed by atoms with Crippen molar-refractivity contribution in [2.45, 2.75) is 45.8 Å². The number of hydrogen-bond donors (Lipinski definition) is 1. The first-order chi connectivity index (χ1) is 9.74. The number of ether oxygens (including phenoxy) is 1. The fourth-order valence-corrected chi connectivity index (χ4v) is 2.65. The number of likely N-dealkylation sites (tertiary alicyclic amines) is 1. The summed E-state index contributed by atoms with van der Waals surface area (Å²) in [6.07, 6.45) is 3.92. The zero-order chi connectivity index (χ0) is 14.4. The summed E-state index contributed by atoms with van der Waals surface area (Å²) in [7, 11) is 0. The molecule has 2 rings (SSSR count). The van der Waals surface area contributed by atoms with Gasteiger partial charge in [0.1, 0.15) is 0 Å². The summed E-state index contributed by atoms with van der Waals surface area (Å²) >= 11 is 0. The quantitative estimate of drug-likeness (QED) is 0.899. The summed E-state index contributed by atoms with van der Waals surface area (Å²) < 4.78 is 7.28. The van der Waals surface area contributed by atoms with E-state index < -0.39 is 0 Å². The molecular formula is C15H25N3O2. The van der Waals surface area contributed by atoms with Gasteiger partial charge in [0.2, 0.25) is 0 Å². The molecule has 1 fully saturated rings. The predicted octanol–water partition coefficient (Wildman–Crippen LogP) is 2.22. The molecule has 1 N–H and O–H groups in total. The van der Waals surface area contributed by atoms with Gasteiger partial charge in [0.05, 0.1) is 6.61 Å². The molecule has 1 aliphatic heterocycles. The molecule has 20 heavy (non-hydrogen) atoms. The van der Waals surface area contributed by atoms with Crippen LogP contribution in [0.1, 0.15) is 32.4 Å². The van der Waals surface area contributed by atoms with Crippen LogP contribution in [0.3, 0.4) is 0 Å². The summed E-state index contributed by atoms with van der Waals surface area (Å²) in [5.41, 5.74) is 1.32. The lowest BCUT2D eigenvalue weighted by atomic mass is 10.1. The summed E-state index contributed by atoms with van der Waals surface area (Å²) in [5, 5.41) is 3.59. The highest BCUT2D eigenvalue weighted by molar-refractivity contribution is 5.67. The second-order valence-electron chi connectivity index (χ2n) is 5.13. The van der Waals surface area contributed by atoms with Crippen LogP contribution >= 0.6 is 0 Å². The van der Waals surface area contributed by atoms with Crippen LogP contribution in [0.4, 0.5) is 4.79 Å². The second-order valence-corrected chi connectivity index (χ2v) is 5.13. The van der Waals surface area contributed by atoms with E-state index in [0.29, 0.717) is 12.6 Å². The molecule has 0 spiro atoms. The zero-order valence-corrected chi connectivity index (χ0v) is 12.5. The third kappa shape index (κ3) is 3.76. The van der Waals surface area contributed by atoms with E-state index in [0.717, 1.165) is 39.0 Å². The number of carbonyl (C=O) groups is 1. The first-order valence-electron chi connectivity index (χ1n) is 7.53. The van der Waals surface area contributed by atoms with Crippen LogP contribution < -0.4 is 5.32 Å². The highest BCUT2D eigenvalue weighted by Gasteiger charge is 2.23. The molecule has 2 heterocycles. The first kappa shape index (κ1) is 14.9. The first-order valence-corrected chi connectivity index (χ1v) is 7.53. The van der Waals surface area contributed by atoms with Crippen molar-refractivity contribution in [1.29, 1.82) is 0 Å². The minimum absolute atomic E-state index is 0.175. The topological polar surface area (TPSA) is 46.5 Å². The van der Waals surface area contributed by atoms with Crippen molar-refractivity contribution in [3.05, 3.63) is 24.0 Å². The average Bonchev–Trinajstić information content (AvgIpc) is 2.93. The van der Waals surface area contributed by atoms with Gasteiger partial charge in [0.15, 0.2) is 0 Å². The van der Waals surface area contributed by atoms with Crippen LogP contribution in [0.25, 0.3) is 0 Å². The maximum atomic E-state index is 11.6. The Balaban J connectivity index is 1.73. The molecule has 0 bridgehead atoms. The number of nitrogens with one attached hydrogen (secondary N) is 1. The number of aryl methyl sites for hydroxylation is 1. The van der Waals surface area contributed by atoms with E-state index in [1.807, 2.05) is 6.92 Å². The largest absolute Gasteiger partial charge is 0.450 e. The van der Waals surface area contributed by atoms with Crippen molar-refractivity contribution in [2.75, 3.05) is 19.7 Å². The summed E-state index contributed by atoms with van der Waals surface area (Å²) in [4.78, 5) is 13.4. The molecule has 1 saturated heterocycles. The maximum Gasteiger partial charge on any atom is 0.409 e. The van der Waals surface area contributed by atoms with Crippen molar-refractivity contribution in [3.63, 3.8) is 0 Å². The van der Waals surface area contributed by atoms with E-state index >= 15 is 0 Å². The van der Waals surface area contributed by atoms with E-state index in [1.165, 1.54) is 5.69 Å². The highest BCUT2D eigenvalue weighted by Crippen LogP contribution is 2.12. The fraction of sp³-hybridized carbons (Fsp3) is 0.667. The molecule has 0 saturated carbocycles. The molecule has 0 unspecified atom stereocenters. The summed E-state index contributed by atoms with van der Waals surface area (Å²) in [6.45, 7) is 7.91. The molecule has 0 aliphatic carbocycles. The van der Waals surface area contributed by atoms with Crippen molar-refractivity contribution in [3.8, 4) is 0 Å². The average molecular weight is 279 g/mol. The van der Waals surface area contributed by atoms with Gasteiger partial charge in [-0.05, 0) is 38.8 Å². The minimum Gasteiger partial charge on any atom is -0.450 e. The molecule has 0 atom stereocenters. The van der Waals surface area contributed by atoms with E-state index in [2.05, 4.69) is 35.1 Å². The standard InChI is InChI=1S/C15H25N3O2/c1-3-17-9-5-6-14(17)12-16-13-7-10-18(11-8-13)15(19)20-4-2/h5-6,9,13,16H,3-4,7-8,10-12H2,1-2H3. The Morgan fingerprint density at radius 3 is 2.80 bits per heavy atom. The summed E-state index contributed by atoms with van der Waals surface area (Å²) in [5.74, 6) is 0. The molecule has 5 heteroatoms. The molecule has 112 valence electrons. The van der Waals surface area contributed by atoms with Gasteiger partial charge in [0.25, 0.3) is 0 Å². The van der Waals surface area contributed by atoms with Crippen molar-refractivity contribution < 1.29 is 9.53 Å². The van der Waals surface area contributed by atoms with Gasteiger partial charge in [-0.15, -0.1) is 0 Å². The number of amides is 1. The Hall–Kier alpha value is -1.49. The van der Waals surface area contributed by atoms with Crippen LogP contribution in [0, 0.1) is 0 Å². The third-order valence-corrected chi connectivity index (χ3v) is 3.86.